The number of fused-ring (bicyclic) bond motifs is 1. The molecule has 7 heteroatoms. The number of carbonyl (C=O) groups is 2. The SMILES string of the molecule is Cc1cc(I)ccc1NC(=O)C1CC(=O)N(c2ccc3c(c2)OCCO3)C1. The summed E-state index contributed by atoms with van der Waals surface area (Å²) >= 11 is 2.24. The fourth-order valence-corrected chi connectivity index (χ4v) is 3.98. The minimum absolute atomic E-state index is 0.0637. The number of anilines is 2. The van der Waals surface area contributed by atoms with Crippen molar-refractivity contribution < 1.29 is 19.1 Å². The Morgan fingerprint density at radius 2 is 1.93 bits per heavy atom. The number of nitrogens with zero attached hydrogens (tertiary/aromatic N) is 1. The molecule has 0 aromatic heterocycles. The summed E-state index contributed by atoms with van der Waals surface area (Å²) in [5.41, 5.74) is 2.51. The Morgan fingerprint density at radius 1 is 1.15 bits per heavy atom. The second-order valence-electron chi connectivity index (χ2n) is 6.68. The molecule has 0 saturated carbocycles. The third-order valence-electron chi connectivity index (χ3n) is 4.78. The molecule has 1 atom stereocenters. The maximum atomic E-state index is 12.7. The average molecular weight is 478 g/mol. The quantitative estimate of drug-likeness (QED) is 0.688. The lowest BCUT2D eigenvalue weighted by Gasteiger charge is -2.22. The summed E-state index contributed by atoms with van der Waals surface area (Å²) in [6, 6.07) is 11.3. The van der Waals surface area contributed by atoms with Gasteiger partial charge in [-0.2, -0.15) is 0 Å². The van der Waals surface area contributed by atoms with Crippen LogP contribution in [-0.4, -0.2) is 31.6 Å². The van der Waals surface area contributed by atoms with Crippen LogP contribution in [0.5, 0.6) is 11.5 Å². The van der Waals surface area contributed by atoms with Gasteiger partial charge in [0.05, 0.1) is 5.92 Å². The van der Waals surface area contributed by atoms with Crippen molar-refractivity contribution in [2.24, 2.45) is 5.92 Å². The van der Waals surface area contributed by atoms with Crippen LogP contribution in [0.4, 0.5) is 11.4 Å². The molecule has 2 aromatic carbocycles. The molecule has 2 aliphatic rings. The number of nitrogens with one attached hydrogen (secondary N) is 1. The van der Waals surface area contributed by atoms with E-state index in [1.165, 1.54) is 0 Å². The molecule has 27 heavy (non-hydrogen) atoms. The summed E-state index contributed by atoms with van der Waals surface area (Å²) in [7, 11) is 0. The molecule has 0 spiro atoms. The molecule has 1 unspecified atom stereocenters. The number of hydrogen-bond donors (Lipinski definition) is 1. The first-order valence-corrected chi connectivity index (χ1v) is 9.86. The number of amides is 2. The topological polar surface area (TPSA) is 67.9 Å². The lowest BCUT2D eigenvalue weighted by molar-refractivity contribution is -0.122. The van der Waals surface area contributed by atoms with E-state index < -0.39 is 0 Å². The molecular formula is C20H19IN2O4. The molecule has 2 aromatic rings. The van der Waals surface area contributed by atoms with E-state index in [0.29, 0.717) is 31.3 Å². The van der Waals surface area contributed by atoms with Gasteiger partial charge in [0.1, 0.15) is 13.2 Å². The molecule has 1 N–H and O–H groups in total. The maximum Gasteiger partial charge on any atom is 0.229 e. The number of ether oxygens (including phenoxy) is 2. The van der Waals surface area contributed by atoms with Gasteiger partial charge in [-0.25, -0.2) is 0 Å². The number of halogens is 1. The fraction of sp³-hybridized carbons (Fsp3) is 0.300. The van der Waals surface area contributed by atoms with Crippen LogP contribution >= 0.6 is 22.6 Å². The van der Waals surface area contributed by atoms with Crippen LogP contribution in [-0.2, 0) is 9.59 Å². The van der Waals surface area contributed by atoms with Crippen molar-refractivity contribution in [1.82, 2.24) is 0 Å². The van der Waals surface area contributed by atoms with Gasteiger partial charge >= 0.3 is 0 Å². The van der Waals surface area contributed by atoms with Crippen molar-refractivity contribution in [3.63, 3.8) is 0 Å². The van der Waals surface area contributed by atoms with Crippen molar-refractivity contribution in [2.75, 3.05) is 30.0 Å². The maximum absolute atomic E-state index is 12.7. The predicted molar refractivity (Wildman–Crippen MR) is 110 cm³/mol. The van der Waals surface area contributed by atoms with Crippen LogP contribution in [0, 0.1) is 16.4 Å². The van der Waals surface area contributed by atoms with E-state index in [1.807, 2.05) is 31.2 Å². The van der Waals surface area contributed by atoms with Gasteiger partial charge in [0.2, 0.25) is 11.8 Å². The number of aryl methyl sites for hydroxylation is 1. The Bertz CT molecular complexity index is 915. The lowest BCUT2D eigenvalue weighted by atomic mass is 10.1. The van der Waals surface area contributed by atoms with Gasteiger partial charge in [-0.1, -0.05) is 0 Å². The highest BCUT2D eigenvalue weighted by Crippen LogP contribution is 2.36. The zero-order valence-corrected chi connectivity index (χ0v) is 17.0. The summed E-state index contributed by atoms with van der Waals surface area (Å²) in [5, 5.41) is 2.96. The molecule has 1 fully saturated rings. The van der Waals surface area contributed by atoms with Gasteiger partial charge in [-0.15, -0.1) is 0 Å². The van der Waals surface area contributed by atoms with Crippen molar-refractivity contribution in [1.29, 1.82) is 0 Å². The highest BCUT2D eigenvalue weighted by Gasteiger charge is 2.35. The van der Waals surface area contributed by atoms with Crippen molar-refractivity contribution in [3.05, 3.63) is 45.5 Å². The molecule has 6 nitrogen and oxygen atoms in total. The van der Waals surface area contributed by atoms with E-state index in [4.69, 9.17) is 9.47 Å². The molecule has 1 saturated heterocycles. The normalized spacial score (nSPS) is 18.5. The first kappa shape index (κ1) is 18.1. The van der Waals surface area contributed by atoms with Crippen molar-refractivity contribution >= 4 is 45.8 Å². The average Bonchev–Trinajstić information content (AvgIpc) is 3.05. The summed E-state index contributed by atoms with van der Waals surface area (Å²) in [5.74, 6) is 0.734. The number of carbonyl (C=O) groups excluding carboxylic acids is 2. The van der Waals surface area contributed by atoms with Crippen LogP contribution in [0.15, 0.2) is 36.4 Å². The van der Waals surface area contributed by atoms with Gasteiger partial charge in [0.25, 0.3) is 0 Å². The van der Waals surface area contributed by atoms with E-state index in [-0.39, 0.29) is 24.2 Å². The number of benzene rings is 2. The van der Waals surface area contributed by atoms with E-state index in [0.717, 1.165) is 20.5 Å². The predicted octanol–water partition coefficient (Wildman–Crippen LogP) is 3.36. The lowest BCUT2D eigenvalue weighted by Crippen LogP contribution is -2.28. The molecule has 2 aliphatic heterocycles. The van der Waals surface area contributed by atoms with Crippen LogP contribution in [0.25, 0.3) is 0 Å². The Balaban J connectivity index is 1.48. The Morgan fingerprint density at radius 3 is 2.70 bits per heavy atom. The van der Waals surface area contributed by atoms with Gasteiger partial charge in [0.15, 0.2) is 11.5 Å². The highest BCUT2D eigenvalue weighted by atomic mass is 127. The number of rotatable bonds is 3. The molecule has 4 rings (SSSR count). The number of hydrogen-bond acceptors (Lipinski definition) is 4. The summed E-state index contributed by atoms with van der Waals surface area (Å²) < 4.78 is 12.2. The third-order valence-corrected chi connectivity index (χ3v) is 5.45. The smallest absolute Gasteiger partial charge is 0.229 e. The van der Waals surface area contributed by atoms with E-state index >= 15 is 0 Å². The second-order valence-corrected chi connectivity index (χ2v) is 7.93. The molecule has 0 radical (unpaired) electrons. The molecule has 0 aliphatic carbocycles. The first-order valence-electron chi connectivity index (χ1n) is 8.78. The molecule has 2 amide bonds. The van der Waals surface area contributed by atoms with Gasteiger partial charge in [0, 0.05) is 34.0 Å². The third kappa shape index (κ3) is 3.73. The summed E-state index contributed by atoms with van der Waals surface area (Å²) in [4.78, 5) is 26.8. The van der Waals surface area contributed by atoms with Crippen molar-refractivity contribution in [3.8, 4) is 11.5 Å². The van der Waals surface area contributed by atoms with E-state index in [1.54, 1.807) is 17.0 Å². The molecule has 2 heterocycles. The van der Waals surface area contributed by atoms with Crippen LogP contribution in [0.2, 0.25) is 0 Å². The highest BCUT2D eigenvalue weighted by molar-refractivity contribution is 14.1. The molecular weight excluding hydrogens is 459 g/mol. The fourth-order valence-electron chi connectivity index (χ4n) is 3.33. The summed E-state index contributed by atoms with van der Waals surface area (Å²) in [6.45, 7) is 3.33. The minimum atomic E-state index is -0.385. The first-order chi connectivity index (χ1) is 13.0. The van der Waals surface area contributed by atoms with E-state index in [2.05, 4.69) is 27.9 Å². The summed E-state index contributed by atoms with van der Waals surface area (Å²) in [6.07, 6.45) is 0.198. The zero-order valence-electron chi connectivity index (χ0n) is 14.8. The van der Waals surface area contributed by atoms with Gasteiger partial charge in [-0.05, 0) is 65.4 Å². The van der Waals surface area contributed by atoms with Crippen LogP contribution < -0.4 is 19.7 Å². The monoisotopic (exact) mass is 478 g/mol. The van der Waals surface area contributed by atoms with E-state index in [9.17, 15) is 9.59 Å². The minimum Gasteiger partial charge on any atom is -0.486 e. The Kier molecular flexibility index (Phi) is 4.94. The zero-order chi connectivity index (χ0) is 19.0. The molecule has 140 valence electrons. The van der Waals surface area contributed by atoms with Gasteiger partial charge in [-0.3, -0.25) is 9.59 Å². The van der Waals surface area contributed by atoms with Crippen LogP contribution in [0.3, 0.4) is 0 Å². The standard InChI is InChI=1S/C20H19IN2O4/c1-12-8-14(21)2-4-16(12)22-20(25)13-9-19(24)23(11-13)15-3-5-17-18(10-15)27-7-6-26-17/h2-5,8,10,13H,6-7,9,11H2,1H3,(H,22,25). The second kappa shape index (κ2) is 7.38. The Labute approximate surface area is 171 Å². The van der Waals surface area contributed by atoms with Gasteiger partial charge < -0.3 is 19.7 Å². The Hall–Kier alpha value is -2.29. The van der Waals surface area contributed by atoms with Crippen molar-refractivity contribution in [2.45, 2.75) is 13.3 Å². The van der Waals surface area contributed by atoms with Crippen LogP contribution in [0.1, 0.15) is 12.0 Å². The largest absolute Gasteiger partial charge is 0.486 e. The molecule has 0 bridgehead atoms.